The van der Waals surface area contributed by atoms with Crippen molar-refractivity contribution in [2.75, 3.05) is 20.1 Å². The molecule has 0 radical (unpaired) electrons. The van der Waals surface area contributed by atoms with Crippen LogP contribution in [0.2, 0.25) is 5.15 Å². The zero-order valence-corrected chi connectivity index (χ0v) is 12.7. The summed E-state index contributed by atoms with van der Waals surface area (Å²) in [4.78, 5) is 19.1. The molecule has 1 fully saturated rings. The van der Waals surface area contributed by atoms with Crippen LogP contribution in [0.4, 0.5) is 0 Å². The highest BCUT2D eigenvalue weighted by Crippen LogP contribution is 2.21. The molecular formula is C16H18ClN3O. The Hall–Kier alpha value is -1.65. The quantitative estimate of drug-likeness (QED) is 0.868. The van der Waals surface area contributed by atoms with E-state index in [1.807, 2.05) is 24.3 Å². The number of carbonyl (C=O) groups excluding carboxylic acids is 1. The van der Waals surface area contributed by atoms with Gasteiger partial charge in [0.2, 0.25) is 0 Å². The fraction of sp³-hybridized carbons (Fsp3) is 0.375. The maximum Gasteiger partial charge on any atom is 0.252 e. The van der Waals surface area contributed by atoms with Gasteiger partial charge in [-0.25, -0.2) is 4.98 Å². The number of halogens is 1. The van der Waals surface area contributed by atoms with Crippen molar-refractivity contribution in [2.45, 2.75) is 18.9 Å². The molecule has 2 heterocycles. The van der Waals surface area contributed by atoms with Crippen molar-refractivity contribution in [1.82, 2.24) is 15.2 Å². The summed E-state index contributed by atoms with van der Waals surface area (Å²) >= 11 is 6.03. The van der Waals surface area contributed by atoms with Gasteiger partial charge in [-0.3, -0.25) is 4.79 Å². The van der Waals surface area contributed by atoms with Crippen LogP contribution in [0.3, 0.4) is 0 Å². The molecular weight excluding hydrogens is 286 g/mol. The van der Waals surface area contributed by atoms with Crippen LogP contribution in [0.1, 0.15) is 23.2 Å². The van der Waals surface area contributed by atoms with Crippen LogP contribution in [0.5, 0.6) is 0 Å². The molecule has 1 saturated heterocycles. The van der Waals surface area contributed by atoms with Crippen molar-refractivity contribution < 1.29 is 4.79 Å². The second kappa shape index (κ2) is 6.00. The molecule has 1 aromatic heterocycles. The number of benzene rings is 1. The Balaban J connectivity index is 1.84. The largest absolute Gasteiger partial charge is 0.349 e. The molecule has 0 saturated carbocycles. The van der Waals surface area contributed by atoms with E-state index in [4.69, 9.17) is 11.6 Å². The molecule has 0 spiro atoms. The molecule has 1 amide bonds. The Morgan fingerprint density at radius 2 is 2.05 bits per heavy atom. The predicted octanol–water partition coefficient (Wildman–Crippen LogP) is 2.71. The summed E-state index contributed by atoms with van der Waals surface area (Å²) in [7, 11) is 2.11. The van der Waals surface area contributed by atoms with Crippen molar-refractivity contribution in [2.24, 2.45) is 0 Å². The predicted molar refractivity (Wildman–Crippen MR) is 84.7 cm³/mol. The van der Waals surface area contributed by atoms with Crippen molar-refractivity contribution in [3.8, 4) is 0 Å². The van der Waals surface area contributed by atoms with Gasteiger partial charge in [0.15, 0.2) is 0 Å². The normalized spacial score (nSPS) is 17.0. The van der Waals surface area contributed by atoms with Gasteiger partial charge < -0.3 is 10.2 Å². The summed E-state index contributed by atoms with van der Waals surface area (Å²) in [5.41, 5.74) is 1.35. The van der Waals surface area contributed by atoms with E-state index in [0.717, 1.165) is 36.8 Å². The number of carbonyl (C=O) groups is 1. The lowest BCUT2D eigenvalue weighted by Crippen LogP contribution is -2.43. The first kappa shape index (κ1) is 14.3. The second-order valence-corrected chi connectivity index (χ2v) is 5.95. The number of fused-ring (bicyclic) bond motifs is 1. The first-order valence-electron chi connectivity index (χ1n) is 7.18. The standard InChI is InChI=1S/C16H18ClN3O/c1-20-8-6-11(7-9-20)18-16(21)13-10-15(17)19-14-5-3-2-4-12(13)14/h2-5,10-11H,6-9H2,1H3,(H,18,21). The molecule has 2 aromatic rings. The van der Waals surface area contributed by atoms with Gasteiger partial charge >= 0.3 is 0 Å². The fourth-order valence-corrected chi connectivity index (χ4v) is 2.95. The third-order valence-corrected chi connectivity index (χ3v) is 4.18. The van der Waals surface area contributed by atoms with E-state index in [9.17, 15) is 4.79 Å². The Morgan fingerprint density at radius 1 is 1.33 bits per heavy atom. The summed E-state index contributed by atoms with van der Waals surface area (Å²) < 4.78 is 0. The average Bonchev–Trinajstić information content (AvgIpc) is 2.48. The van der Waals surface area contributed by atoms with Crippen LogP contribution in [-0.2, 0) is 0 Å². The Kier molecular flexibility index (Phi) is 4.08. The summed E-state index contributed by atoms with van der Waals surface area (Å²) in [6.07, 6.45) is 1.97. The first-order chi connectivity index (χ1) is 10.1. The van der Waals surface area contributed by atoms with E-state index in [1.165, 1.54) is 0 Å². The number of nitrogens with zero attached hydrogens (tertiary/aromatic N) is 2. The fourth-order valence-electron chi connectivity index (χ4n) is 2.75. The van der Waals surface area contributed by atoms with Crippen LogP contribution >= 0.6 is 11.6 Å². The monoisotopic (exact) mass is 303 g/mol. The molecule has 4 nitrogen and oxygen atoms in total. The van der Waals surface area contributed by atoms with E-state index in [-0.39, 0.29) is 11.9 Å². The minimum atomic E-state index is -0.0648. The highest BCUT2D eigenvalue weighted by molar-refractivity contribution is 6.30. The number of hydrogen-bond donors (Lipinski definition) is 1. The van der Waals surface area contributed by atoms with Gasteiger partial charge in [-0.2, -0.15) is 0 Å². The number of hydrogen-bond acceptors (Lipinski definition) is 3. The van der Waals surface area contributed by atoms with E-state index in [2.05, 4.69) is 22.2 Å². The van der Waals surface area contributed by atoms with E-state index in [1.54, 1.807) is 6.07 Å². The molecule has 21 heavy (non-hydrogen) atoms. The zero-order chi connectivity index (χ0) is 14.8. The number of amides is 1. The molecule has 3 rings (SSSR count). The van der Waals surface area contributed by atoms with Gasteiger partial charge in [-0.05, 0) is 45.1 Å². The molecule has 1 N–H and O–H groups in total. The summed E-state index contributed by atoms with van der Waals surface area (Å²) in [5.74, 6) is -0.0648. The topological polar surface area (TPSA) is 45.2 Å². The SMILES string of the molecule is CN1CCC(NC(=O)c2cc(Cl)nc3ccccc23)CC1. The number of para-hydroxylation sites is 1. The highest BCUT2D eigenvalue weighted by Gasteiger charge is 2.20. The zero-order valence-electron chi connectivity index (χ0n) is 12.0. The number of pyridine rings is 1. The molecule has 0 atom stereocenters. The Labute approximate surface area is 129 Å². The minimum Gasteiger partial charge on any atom is -0.349 e. The van der Waals surface area contributed by atoms with Crippen LogP contribution < -0.4 is 5.32 Å². The van der Waals surface area contributed by atoms with Crippen molar-refractivity contribution in [3.05, 3.63) is 41.0 Å². The molecule has 1 aliphatic heterocycles. The summed E-state index contributed by atoms with van der Waals surface area (Å²) in [6.45, 7) is 2.03. The Bertz CT molecular complexity index is 666. The number of rotatable bonds is 2. The second-order valence-electron chi connectivity index (χ2n) is 5.56. The van der Waals surface area contributed by atoms with Crippen LogP contribution in [0.15, 0.2) is 30.3 Å². The average molecular weight is 304 g/mol. The number of nitrogens with one attached hydrogen (secondary N) is 1. The van der Waals surface area contributed by atoms with Crippen LogP contribution in [0, 0.1) is 0 Å². The van der Waals surface area contributed by atoms with Gasteiger partial charge in [0.1, 0.15) is 5.15 Å². The minimum absolute atomic E-state index is 0.0648. The highest BCUT2D eigenvalue weighted by atomic mass is 35.5. The molecule has 1 aliphatic rings. The summed E-state index contributed by atoms with van der Waals surface area (Å²) in [5, 5.41) is 4.31. The lowest BCUT2D eigenvalue weighted by Gasteiger charge is -2.29. The third kappa shape index (κ3) is 3.17. The van der Waals surface area contributed by atoms with Crippen molar-refractivity contribution in [1.29, 1.82) is 0 Å². The number of piperidine rings is 1. The van der Waals surface area contributed by atoms with Gasteiger partial charge in [0.05, 0.1) is 11.1 Å². The van der Waals surface area contributed by atoms with Crippen LogP contribution in [0.25, 0.3) is 10.9 Å². The molecule has 110 valence electrons. The maximum absolute atomic E-state index is 12.5. The summed E-state index contributed by atoms with van der Waals surface area (Å²) in [6, 6.07) is 9.46. The first-order valence-corrected chi connectivity index (χ1v) is 7.56. The smallest absolute Gasteiger partial charge is 0.252 e. The van der Waals surface area contributed by atoms with Gasteiger partial charge in [0.25, 0.3) is 5.91 Å². The van der Waals surface area contributed by atoms with Gasteiger partial charge in [-0.1, -0.05) is 29.8 Å². The molecule has 1 aromatic carbocycles. The van der Waals surface area contributed by atoms with E-state index >= 15 is 0 Å². The number of likely N-dealkylation sites (tertiary alicyclic amines) is 1. The van der Waals surface area contributed by atoms with Gasteiger partial charge in [-0.15, -0.1) is 0 Å². The van der Waals surface area contributed by atoms with Crippen LogP contribution in [-0.4, -0.2) is 42.0 Å². The maximum atomic E-state index is 12.5. The third-order valence-electron chi connectivity index (χ3n) is 3.98. The van der Waals surface area contributed by atoms with Gasteiger partial charge in [0, 0.05) is 11.4 Å². The number of aromatic nitrogens is 1. The van der Waals surface area contributed by atoms with E-state index < -0.39 is 0 Å². The molecule has 0 bridgehead atoms. The van der Waals surface area contributed by atoms with E-state index in [0.29, 0.717) is 10.7 Å². The molecule has 0 aliphatic carbocycles. The van der Waals surface area contributed by atoms with Crippen molar-refractivity contribution in [3.63, 3.8) is 0 Å². The molecule has 0 unspecified atom stereocenters. The molecule has 5 heteroatoms. The van der Waals surface area contributed by atoms with Crippen molar-refractivity contribution >= 4 is 28.4 Å². The Morgan fingerprint density at radius 3 is 2.81 bits per heavy atom. The lowest BCUT2D eigenvalue weighted by molar-refractivity contribution is 0.0918. The lowest BCUT2D eigenvalue weighted by atomic mass is 10.0.